The molecule has 0 bridgehead atoms. The molecule has 108 valence electrons. The van der Waals surface area contributed by atoms with Crippen molar-refractivity contribution in [3.05, 3.63) is 53.7 Å². The van der Waals surface area contributed by atoms with Crippen LogP contribution in [0.15, 0.2) is 47.8 Å². The SMILES string of the molecule is NC(=NO)c1ccnc(N2CCCCc3ccccc32)c1. The summed E-state index contributed by atoms with van der Waals surface area (Å²) in [6.45, 7) is 0.920. The van der Waals surface area contributed by atoms with Gasteiger partial charge in [0.2, 0.25) is 0 Å². The number of aryl methyl sites for hydroxylation is 1. The van der Waals surface area contributed by atoms with E-state index in [1.54, 1.807) is 12.3 Å². The highest BCUT2D eigenvalue weighted by molar-refractivity contribution is 5.97. The number of nitrogens with zero attached hydrogens (tertiary/aromatic N) is 3. The molecule has 0 atom stereocenters. The molecule has 0 aliphatic carbocycles. The summed E-state index contributed by atoms with van der Waals surface area (Å²) in [5.41, 5.74) is 8.88. The smallest absolute Gasteiger partial charge is 0.170 e. The number of benzene rings is 1. The number of aromatic nitrogens is 1. The van der Waals surface area contributed by atoms with Crippen LogP contribution < -0.4 is 10.6 Å². The Balaban J connectivity index is 2.04. The maximum atomic E-state index is 8.82. The zero-order chi connectivity index (χ0) is 14.7. The molecular formula is C16H18N4O. The fraction of sp³-hybridized carbons (Fsp3) is 0.250. The zero-order valence-corrected chi connectivity index (χ0v) is 11.7. The van der Waals surface area contributed by atoms with Crippen LogP contribution in [0.1, 0.15) is 24.0 Å². The minimum absolute atomic E-state index is 0.0988. The number of oxime groups is 1. The van der Waals surface area contributed by atoms with Gasteiger partial charge >= 0.3 is 0 Å². The number of fused-ring (bicyclic) bond motifs is 1. The fourth-order valence-electron chi connectivity index (χ4n) is 2.71. The summed E-state index contributed by atoms with van der Waals surface area (Å²) in [6, 6.07) is 12.0. The average molecular weight is 282 g/mol. The third-order valence-electron chi connectivity index (χ3n) is 3.79. The van der Waals surface area contributed by atoms with Crippen LogP contribution in [0.3, 0.4) is 0 Å². The molecular weight excluding hydrogens is 264 g/mol. The van der Waals surface area contributed by atoms with Crippen molar-refractivity contribution in [1.29, 1.82) is 0 Å². The minimum atomic E-state index is 0.0988. The van der Waals surface area contributed by atoms with Crippen LogP contribution in [0, 0.1) is 0 Å². The molecule has 2 aromatic rings. The van der Waals surface area contributed by atoms with Gasteiger partial charge in [-0.25, -0.2) is 4.98 Å². The molecule has 0 saturated carbocycles. The van der Waals surface area contributed by atoms with Gasteiger partial charge in [-0.1, -0.05) is 23.4 Å². The molecule has 3 N–H and O–H groups in total. The molecule has 0 saturated heterocycles. The lowest BCUT2D eigenvalue weighted by Crippen LogP contribution is -2.20. The quantitative estimate of drug-likeness (QED) is 0.384. The number of hydrogen-bond donors (Lipinski definition) is 2. The summed E-state index contributed by atoms with van der Waals surface area (Å²) < 4.78 is 0. The summed E-state index contributed by atoms with van der Waals surface area (Å²) in [4.78, 5) is 6.66. The van der Waals surface area contributed by atoms with Crippen molar-refractivity contribution in [2.45, 2.75) is 19.3 Å². The van der Waals surface area contributed by atoms with Crippen LogP contribution in [0.5, 0.6) is 0 Å². The van der Waals surface area contributed by atoms with Crippen LogP contribution in [-0.2, 0) is 6.42 Å². The Morgan fingerprint density at radius 3 is 2.95 bits per heavy atom. The lowest BCUT2D eigenvalue weighted by Gasteiger charge is -2.24. The van der Waals surface area contributed by atoms with Gasteiger partial charge in [-0.2, -0.15) is 0 Å². The van der Waals surface area contributed by atoms with Crippen molar-refractivity contribution in [3.8, 4) is 0 Å². The summed E-state index contributed by atoms with van der Waals surface area (Å²) in [6.07, 6.45) is 5.07. The molecule has 1 aliphatic heterocycles. The van der Waals surface area contributed by atoms with E-state index in [-0.39, 0.29) is 5.84 Å². The maximum absolute atomic E-state index is 8.82. The minimum Gasteiger partial charge on any atom is -0.409 e. The zero-order valence-electron chi connectivity index (χ0n) is 11.7. The molecule has 0 spiro atoms. The molecule has 0 radical (unpaired) electrons. The van der Waals surface area contributed by atoms with Gasteiger partial charge in [0, 0.05) is 24.0 Å². The second-order valence-corrected chi connectivity index (χ2v) is 5.13. The van der Waals surface area contributed by atoms with Crippen molar-refractivity contribution >= 4 is 17.3 Å². The Labute approximate surface area is 123 Å². The highest BCUT2D eigenvalue weighted by atomic mass is 16.4. The second kappa shape index (κ2) is 5.83. The predicted octanol–water partition coefficient (Wildman–Crippen LogP) is 2.65. The van der Waals surface area contributed by atoms with Gasteiger partial charge in [0.05, 0.1) is 0 Å². The van der Waals surface area contributed by atoms with E-state index in [1.165, 1.54) is 17.7 Å². The van der Waals surface area contributed by atoms with Gasteiger partial charge in [0.1, 0.15) is 5.82 Å². The van der Waals surface area contributed by atoms with Crippen molar-refractivity contribution in [1.82, 2.24) is 4.98 Å². The molecule has 0 amide bonds. The van der Waals surface area contributed by atoms with Gasteiger partial charge in [0.25, 0.3) is 0 Å². The number of anilines is 2. The number of rotatable bonds is 2. The van der Waals surface area contributed by atoms with Crippen LogP contribution in [0.2, 0.25) is 0 Å². The van der Waals surface area contributed by atoms with E-state index in [4.69, 9.17) is 10.9 Å². The van der Waals surface area contributed by atoms with E-state index in [0.29, 0.717) is 5.56 Å². The van der Waals surface area contributed by atoms with Crippen LogP contribution >= 0.6 is 0 Å². The maximum Gasteiger partial charge on any atom is 0.170 e. The number of pyridine rings is 1. The number of nitrogens with two attached hydrogens (primary N) is 1. The van der Waals surface area contributed by atoms with Gasteiger partial charge in [-0.05, 0) is 43.0 Å². The molecule has 1 aromatic heterocycles. The lowest BCUT2D eigenvalue weighted by atomic mass is 10.1. The summed E-state index contributed by atoms with van der Waals surface area (Å²) in [5, 5.41) is 11.9. The first kappa shape index (κ1) is 13.4. The average Bonchev–Trinajstić information content (AvgIpc) is 2.76. The van der Waals surface area contributed by atoms with Gasteiger partial charge in [-0.3, -0.25) is 0 Å². The second-order valence-electron chi connectivity index (χ2n) is 5.13. The van der Waals surface area contributed by atoms with E-state index < -0.39 is 0 Å². The van der Waals surface area contributed by atoms with Crippen molar-refractivity contribution in [3.63, 3.8) is 0 Å². The fourth-order valence-corrected chi connectivity index (χ4v) is 2.71. The van der Waals surface area contributed by atoms with Gasteiger partial charge in [-0.15, -0.1) is 0 Å². The van der Waals surface area contributed by atoms with E-state index >= 15 is 0 Å². The van der Waals surface area contributed by atoms with Crippen molar-refractivity contribution in [2.75, 3.05) is 11.4 Å². The normalized spacial score (nSPS) is 15.4. The first-order chi connectivity index (χ1) is 10.3. The number of hydrogen-bond acceptors (Lipinski definition) is 4. The Bertz CT molecular complexity index is 669. The van der Waals surface area contributed by atoms with Crippen LogP contribution in [-0.4, -0.2) is 22.6 Å². The monoisotopic (exact) mass is 282 g/mol. The molecule has 21 heavy (non-hydrogen) atoms. The lowest BCUT2D eigenvalue weighted by molar-refractivity contribution is 0.318. The summed E-state index contributed by atoms with van der Waals surface area (Å²) in [7, 11) is 0. The molecule has 5 heteroatoms. The molecule has 1 aromatic carbocycles. The summed E-state index contributed by atoms with van der Waals surface area (Å²) in [5.74, 6) is 0.926. The van der Waals surface area contributed by atoms with E-state index in [1.807, 2.05) is 12.1 Å². The largest absolute Gasteiger partial charge is 0.409 e. The Morgan fingerprint density at radius 1 is 1.24 bits per heavy atom. The topological polar surface area (TPSA) is 74.7 Å². The standard InChI is InChI=1S/C16H18N4O/c17-16(19-21)13-8-9-18-15(11-13)20-10-4-3-6-12-5-1-2-7-14(12)20/h1-2,5,7-9,11,21H,3-4,6,10H2,(H2,17,19). The highest BCUT2D eigenvalue weighted by Crippen LogP contribution is 2.31. The third kappa shape index (κ3) is 2.67. The summed E-state index contributed by atoms with van der Waals surface area (Å²) >= 11 is 0. The molecule has 5 nitrogen and oxygen atoms in total. The molecule has 0 unspecified atom stereocenters. The first-order valence-corrected chi connectivity index (χ1v) is 7.09. The molecule has 0 fully saturated rings. The molecule has 3 rings (SSSR count). The van der Waals surface area contributed by atoms with Crippen LogP contribution in [0.4, 0.5) is 11.5 Å². The van der Waals surface area contributed by atoms with E-state index in [9.17, 15) is 0 Å². The first-order valence-electron chi connectivity index (χ1n) is 7.09. The molecule has 1 aliphatic rings. The van der Waals surface area contributed by atoms with E-state index in [2.05, 4.69) is 33.2 Å². The molecule has 2 heterocycles. The highest BCUT2D eigenvalue weighted by Gasteiger charge is 2.17. The number of para-hydroxylation sites is 1. The third-order valence-corrected chi connectivity index (χ3v) is 3.79. The van der Waals surface area contributed by atoms with Crippen molar-refractivity contribution < 1.29 is 5.21 Å². The van der Waals surface area contributed by atoms with Gasteiger partial charge < -0.3 is 15.8 Å². The van der Waals surface area contributed by atoms with Crippen molar-refractivity contribution in [2.24, 2.45) is 10.9 Å². The van der Waals surface area contributed by atoms with E-state index in [0.717, 1.165) is 25.2 Å². The predicted molar refractivity (Wildman–Crippen MR) is 83.1 cm³/mol. The van der Waals surface area contributed by atoms with Crippen LogP contribution in [0.25, 0.3) is 0 Å². The van der Waals surface area contributed by atoms with Gasteiger partial charge in [0.15, 0.2) is 5.84 Å². The Hall–Kier alpha value is -2.56. The Morgan fingerprint density at radius 2 is 2.10 bits per heavy atom. The number of amidine groups is 1. The Kier molecular flexibility index (Phi) is 3.73.